The minimum atomic E-state index is -0.582. The molecule has 7 aromatic rings. The summed E-state index contributed by atoms with van der Waals surface area (Å²) in [6.45, 7) is 9.32. The minimum absolute atomic E-state index is 0.0333. The third-order valence-electron chi connectivity index (χ3n) is 10.4. The molecule has 0 saturated carbocycles. The van der Waals surface area contributed by atoms with E-state index in [0.29, 0.717) is 62.3 Å². The van der Waals surface area contributed by atoms with Crippen LogP contribution in [0.1, 0.15) is 89.0 Å². The van der Waals surface area contributed by atoms with E-state index in [1.165, 1.54) is 12.5 Å². The lowest BCUT2D eigenvalue weighted by atomic mass is 9.91. The Balaban J connectivity index is 0.885. The average molecular weight is 841 g/mol. The van der Waals surface area contributed by atoms with Crippen LogP contribution >= 0.6 is 0 Å². The van der Waals surface area contributed by atoms with E-state index >= 15 is 0 Å². The summed E-state index contributed by atoms with van der Waals surface area (Å²) >= 11 is 0. The normalized spacial score (nSPS) is 11.2. The van der Waals surface area contributed by atoms with Crippen LogP contribution in [0.3, 0.4) is 0 Å². The van der Waals surface area contributed by atoms with Gasteiger partial charge in [0.25, 0.3) is 0 Å². The highest BCUT2D eigenvalue weighted by Gasteiger charge is 2.17. The molecule has 0 N–H and O–H groups in total. The Morgan fingerprint density at radius 3 is 1.10 bits per heavy atom. The van der Waals surface area contributed by atoms with Gasteiger partial charge in [-0.2, -0.15) is 0 Å². The summed E-state index contributed by atoms with van der Waals surface area (Å²) in [7, 11) is 1.66. The topological polar surface area (TPSA) is 124 Å². The van der Waals surface area contributed by atoms with Gasteiger partial charge in [-0.15, -0.1) is 0 Å². The zero-order chi connectivity index (χ0) is 44.6. The fraction of sp³-hybridized carbons (Fsp3) is 0.132. The first-order valence-corrected chi connectivity index (χ1v) is 20.1. The van der Waals surface area contributed by atoms with Gasteiger partial charge in [-0.3, -0.25) is 4.79 Å². The van der Waals surface area contributed by atoms with Crippen LogP contribution in [0, 0.1) is 20.8 Å². The van der Waals surface area contributed by atoms with E-state index in [0.717, 1.165) is 22.4 Å². The maximum absolute atomic E-state index is 13.1. The highest BCUT2D eigenvalue weighted by molar-refractivity contribution is 5.94. The van der Waals surface area contributed by atoms with Crippen LogP contribution in [0.5, 0.6) is 46.0 Å². The van der Waals surface area contributed by atoms with Crippen LogP contribution in [-0.2, 0) is 0 Å². The van der Waals surface area contributed by atoms with Gasteiger partial charge in [0.15, 0.2) is 5.78 Å². The van der Waals surface area contributed by atoms with E-state index < -0.39 is 17.9 Å². The lowest BCUT2D eigenvalue weighted by Crippen LogP contribution is -2.10. The number of hydrogen-bond acceptors (Lipinski definition) is 10. The fourth-order valence-electron chi connectivity index (χ4n) is 6.71. The van der Waals surface area contributed by atoms with Crippen molar-refractivity contribution >= 4 is 23.7 Å². The quantitative estimate of drug-likeness (QED) is 0.0594. The van der Waals surface area contributed by atoms with Gasteiger partial charge in [0.05, 0.1) is 23.8 Å². The van der Waals surface area contributed by atoms with E-state index in [-0.39, 0.29) is 17.5 Å². The monoisotopic (exact) mass is 840 g/mol. The number of benzene rings is 7. The van der Waals surface area contributed by atoms with Crippen molar-refractivity contribution in [2.75, 3.05) is 7.11 Å². The third kappa shape index (κ3) is 10.7. The predicted octanol–water partition coefficient (Wildman–Crippen LogP) is 12.2. The molecular formula is C53H44O10. The summed E-state index contributed by atoms with van der Waals surface area (Å²) in [5.41, 5.74) is 6.33. The standard InChI is InChI=1S/C53H44O10/c1-32-29-41(15-26-48(32)58-6)35(4)42-16-27-49(33(2)30-42)62-52(56)39-11-21-45(22-12-39)60-46-23-13-40(14-24-46)53(57)63-50-28-25-47(31-34(50)3)61-51(55)38-9-19-44(20-10-38)59-43-17-7-37(8-18-43)36(5)54/h7-31,35H,1-6H3. The Morgan fingerprint density at radius 1 is 0.397 bits per heavy atom. The first kappa shape index (κ1) is 43.1. The number of aryl methyl sites for hydroxylation is 3. The van der Waals surface area contributed by atoms with Crippen molar-refractivity contribution in [1.82, 2.24) is 0 Å². The molecule has 1 atom stereocenters. The molecule has 0 aliphatic rings. The molecule has 0 bridgehead atoms. The first-order valence-electron chi connectivity index (χ1n) is 20.1. The summed E-state index contributed by atoms with van der Waals surface area (Å²) < 4.78 is 34.1. The number of Topliss-reactive ketones (excluding diaryl/α,β-unsaturated/α-hetero) is 1. The highest BCUT2D eigenvalue weighted by Crippen LogP contribution is 2.32. The number of carbonyl (C=O) groups is 4. The largest absolute Gasteiger partial charge is 0.496 e. The maximum Gasteiger partial charge on any atom is 0.343 e. The molecule has 10 heteroatoms. The van der Waals surface area contributed by atoms with Crippen molar-refractivity contribution in [3.05, 3.63) is 202 Å². The second-order valence-corrected chi connectivity index (χ2v) is 14.9. The number of ether oxygens (including phenoxy) is 6. The van der Waals surface area contributed by atoms with Gasteiger partial charge in [-0.05, 0) is 183 Å². The molecule has 63 heavy (non-hydrogen) atoms. The van der Waals surface area contributed by atoms with E-state index in [1.807, 2.05) is 38.1 Å². The molecule has 0 heterocycles. The molecule has 0 spiro atoms. The zero-order valence-electron chi connectivity index (χ0n) is 35.6. The Labute approximate surface area is 365 Å². The number of rotatable bonds is 14. The average Bonchev–Trinajstić information content (AvgIpc) is 3.28. The van der Waals surface area contributed by atoms with Crippen molar-refractivity contribution in [3.63, 3.8) is 0 Å². The molecular weight excluding hydrogens is 797 g/mol. The Morgan fingerprint density at radius 2 is 0.730 bits per heavy atom. The molecule has 0 aliphatic heterocycles. The summed E-state index contributed by atoms with van der Waals surface area (Å²) in [4.78, 5) is 50.5. The molecule has 1 unspecified atom stereocenters. The van der Waals surface area contributed by atoms with Crippen molar-refractivity contribution in [1.29, 1.82) is 0 Å². The zero-order valence-corrected chi connectivity index (χ0v) is 35.6. The maximum atomic E-state index is 13.1. The number of ketones is 1. The highest BCUT2D eigenvalue weighted by atomic mass is 16.5. The summed E-state index contributed by atoms with van der Waals surface area (Å²) in [5.74, 6) is 2.40. The van der Waals surface area contributed by atoms with Crippen LogP contribution in [0.4, 0.5) is 0 Å². The van der Waals surface area contributed by atoms with Gasteiger partial charge >= 0.3 is 17.9 Å². The second-order valence-electron chi connectivity index (χ2n) is 14.9. The Kier molecular flexibility index (Phi) is 13.1. The van der Waals surface area contributed by atoms with Crippen molar-refractivity contribution < 1.29 is 47.6 Å². The fourth-order valence-corrected chi connectivity index (χ4v) is 6.71. The van der Waals surface area contributed by atoms with Crippen LogP contribution in [0.15, 0.2) is 152 Å². The van der Waals surface area contributed by atoms with E-state index in [2.05, 4.69) is 19.1 Å². The molecule has 7 rings (SSSR count). The predicted molar refractivity (Wildman–Crippen MR) is 238 cm³/mol. The van der Waals surface area contributed by atoms with Crippen LogP contribution in [-0.4, -0.2) is 30.8 Å². The number of carbonyl (C=O) groups excluding carboxylic acids is 4. The number of methoxy groups -OCH3 is 1. The number of hydrogen-bond donors (Lipinski definition) is 0. The van der Waals surface area contributed by atoms with Gasteiger partial charge in [0.2, 0.25) is 0 Å². The molecule has 0 saturated heterocycles. The van der Waals surface area contributed by atoms with E-state index in [4.69, 9.17) is 28.4 Å². The number of esters is 3. The van der Waals surface area contributed by atoms with Crippen molar-refractivity contribution in [3.8, 4) is 46.0 Å². The van der Waals surface area contributed by atoms with Crippen LogP contribution in [0.25, 0.3) is 0 Å². The van der Waals surface area contributed by atoms with Crippen LogP contribution < -0.4 is 28.4 Å². The molecule has 7 aromatic carbocycles. The first-order chi connectivity index (χ1) is 30.3. The Bertz CT molecular complexity index is 2790. The third-order valence-corrected chi connectivity index (χ3v) is 10.4. The molecule has 316 valence electrons. The Hall–Kier alpha value is -7.98. The van der Waals surface area contributed by atoms with Crippen molar-refractivity contribution in [2.45, 2.75) is 40.5 Å². The molecule has 0 aromatic heterocycles. The second kappa shape index (κ2) is 19.2. The molecule has 0 fully saturated rings. The lowest BCUT2D eigenvalue weighted by Gasteiger charge is -2.16. The van der Waals surface area contributed by atoms with E-state index in [1.54, 1.807) is 129 Å². The minimum Gasteiger partial charge on any atom is -0.496 e. The molecule has 0 amide bonds. The summed E-state index contributed by atoms with van der Waals surface area (Å²) in [5, 5.41) is 0. The smallest absolute Gasteiger partial charge is 0.343 e. The van der Waals surface area contributed by atoms with Gasteiger partial charge in [-0.25, -0.2) is 14.4 Å². The van der Waals surface area contributed by atoms with Gasteiger partial charge in [0.1, 0.15) is 46.0 Å². The summed E-state index contributed by atoms with van der Waals surface area (Å²) in [6.07, 6.45) is 0. The molecule has 10 nitrogen and oxygen atoms in total. The van der Waals surface area contributed by atoms with Gasteiger partial charge < -0.3 is 28.4 Å². The molecule has 0 radical (unpaired) electrons. The van der Waals surface area contributed by atoms with Crippen molar-refractivity contribution in [2.24, 2.45) is 0 Å². The summed E-state index contributed by atoms with van der Waals surface area (Å²) in [6, 6.07) is 43.0. The van der Waals surface area contributed by atoms with E-state index in [9.17, 15) is 19.2 Å². The van der Waals surface area contributed by atoms with Gasteiger partial charge in [-0.1, -0.05) is 31.2 Å². The SMILES string of the molecule is COc1ccc(C(C)c2ccc(OC(=O)c3ccc(Oc4ccc(C(=O)Oc5ccc(OC(=O)c6ccc(Oc7ccc(C(C)=O)cc7)cc6)cc5C)cc4)cc3)c(C)c2)cc1C. The van der Waals surface area contributed by atoms with Gasteiger partial charge in [0, 0.05) is 11.5 Å². The molecule has 0 aliphatic carbocycles. The lowest BCUT2D eigenvalue weighted by molar-refractivity contribution is 0.0718. The van der Waals surface area contributed by atoms with Crippen LogP contribution in [0.2, 0.25) is 0 Å².